The molecule has 1 saturated heterocycles. The molecule has 2 atom stereocenters. The molecule has 2 aromatic heterocycles. The van der Waals surface area contributed by atoms with Gasteiger partial charge in [-0.15, -0.1) is 0 Å². The Morgan fingerprint density at radius 2 is 1.95 bits per heavy atom. The largest absolute Gasteiger partial charge is 0.459 e. The van der Waals surface area contributed by atoms with Gasteiger partial charge in [0.25, 0.3) is 5.95 Å². The number of carbonyl (C=O) groups excluding carboxylic acids is 1. The lowest BCUT2D eigenvalue weighted by molar-refractivity contribution is -0.291. The van der Waals surface area contributed by atoms with Gasteiger partial charge in [0.1, 0.15) is 17.4 Å². The van der Waals surface area contributed by atoms with Crippen molar-refractivity contribution in [3.05, 3.63) is 29.8 Å². The van der Waals surface area contributed by atoms with Crippen LogP contribution in [0.15, 0.2) is 22.7 Å². The Morgan fingerprint density at radius 1 is 1.19 bits per heavy atom. The molecule has 3 heterocycles. The van der Waals surface area contributed by atoms with Gasteiger partial charge in [0, 0.05) is 24.4 Å². The lowest BCUT2D eigenvalue weighted by Crippen LogP contribution is -2.46. The van der Waals surface area contributed by atoms with Crippen LogP contribution in [0.2, 0.25) is 0 Å². The number of nitrogens with zero attached hydrogens (tertiary/aromatic N) is 5. The van der Waals surface area contributed by atoms with Crippen LogP contribution in [0.4, 0.5) is 32.0 Å². The number of rotatable bonds is 7. The van der Waals surface area contributed by atoms with Crippen LogP contribution >= 0.6 is 0 Å². The summed E-state index contributed by atoms with van der Waals surface area (Å²) in [5.41, 5.74) is -1.65. The highest BCUT2D eigenvalue weighted by atomic mass is 19.4. The maximum atomic E-state index is 14.8. The van der Waals surface area contributed by atoms with E-state index in [0.717, 1.165) is 18.9 Å². The standard InChI is InChI=1S/C22H23F6N7O2/c1-34-8-7-14(13(23)10-34)30-15-4-2-3-12-17(15)32-35(18(12)21(24,25)22(26,27)28)20-31-16(37-33-20)9-29-19(36)11-5-6-11/h2-4,11,13-14,30H,5-10H2,1H3,(H,29,36)/t13-,14+/m0/s1. The van der Waals surface area contributed by atoms with Crippen LogP contribution in [-0.2, 0) is 17.3 Å². The van der Waals surface area contributed by atoms with Crippen molar-refractivity contribution in [3.63, 3.8) is 0 Å². The van der Waals surface area contributed by atoms with E-state index >= 15 is 0 Å². The van der Waals surface area contributed by atoms with Crippen molar-refractivity contribution >= 4 is 22.5 Å². The highest BCUT2D eigenvalue weighted by Gasteiger charge is 2.62. The van der Waals surface area contributed by atoms with E-state index in [9.17, 15) is 31.1 Å². The van der Waals surface area contributed by atoms with Crippen molar-refractivity contribution in [2.45, 2.75) is 50.1 Å². The first-order valence-corrected chi connectivity index (χ1v) is 11.6. The molecule has 2 N–H and O–H groups in total. The fourth-order valence-corrected chi connectivity index (χ4v) is 4.28. The van der Waals surface area contributed by atoms with Crippen molar-refractivity contribution < 1.29 is 35.7 Å². The van der Waals surface area contributed by atoms with E-state index in [4.69, 9.17) is 4.52 Å². The first-order chi connectivity index (χ1) is 17.5. The van der Waals surface area contributed by atoms with E-state index in [1.165, 1.54) is 12.1 Å². The monoisotopic (exact) mass is 531 g/mol. The van der Waals surface area contributed by atoms with Gasteiger partial charge in [0.2, 0.25) is 11.8 Å². The summed E-state index contributed by atoms with van der Waals surface area (Å²) in [6.45, 7) is 0.486. The van der Waals surface area contributed by atoms with Crippen LogP contribution < -0.4 is 10.6 Å². The molecule has 1 aromatic carbocycles. The number of likely N-dealkylation sites (tertiary alicyclic amines) is 1. The Balaban J connectivity index is 1.54. The third-order valence-electron chi connectivity index (χ3n) is 6.45. The van der Waals surface area contributed by atoms with Gasteiger partial charge < -0.3 is 20.1 Å². The van der Waals surface area contributed by atoms with Gasteiger partial charge in [-0.3, -0.25) is 4.79 Å². The molecule has 200 valence electrons. The predicted molar refractivity (Wildman–Crippen MR) is 118 cm³/mol. The number of amides is 1. The topological polar surface area (TPSA) is 101 Å². The molecule has 37 heavy (non-hydrogen) atoms. The molecular weight excluding hydrogens is 508 g/mol. The normalized spacial score (nSPS) is 21.4. The number of aromatic nitrogens is 4. The van der Waals surface area contributed by atoms with Gasteiger partial charge in [-0.05, 0) is 37.5 Å². The molecule has 1 saturated carbocycles. The van der Waals surface area contributed by atoms with Crippen LogP contribution in [0.3, 0.4) is 0 Å². The van der Waals surface area contributed by atoms with Crippen molar-refractivity contribution in [2.75, 3.05) is 25.5 Å². The average molecular weight is 531 g/mol. The maximum absolute atomic E-state index is 14.8. The number of anilines is 1. The third kappa shape index (κ3) is 4.83. The van der Waals surface area contributed by atoms with E-state index in [2.05, 4.69) is 25.9 Å². The van der Waals surface area contributed by atoms with Gasteiger partial charge in [-0.25, -0.2) is 4.39 Å². The molecule has 3 aromatic rings. The maximum Gasteiger partial charge on any atom is 0.459 e. The quantitative estimate of drug-likeness (QED) is 0.450. The molecule has 0 spiro atoms. The Hall–Kier alpha value is -3.36. The first kappa shape index (κ1) is 25.3. The van der Waals surface area contributed by atoms with Crippen molar-refractivity contribution in [1.82, 2.24) is 30.1 Å². The molecule has 9 nitrogen and oxygen atoms in total. The van der Waals surface area contributed by atoms with E-state index in [-0.39, 0.29) is 46.7 Å². The van der Waals surface area contributed by atoms with Crippen molar-refractivity contribution in [1.29, 1.82) is 0 Å². The molecule has 15 heteroatoms. The summed E-state index contributed by atoms with van der Waals surface area (Å²) in [5.74, 6) is -6.56. The summed E-state index contributed by atoms with van der Waals surface area (Å²) in [6.07, 6.45) is -5.37. The summed E-state index contributed by atoms with van der Waals surface area (Å²) in [7, 11) is 1.76. The fourth-order valence-electron chi connectivity index (χ4n) is 4.28. The Labute approximate surface area is 206 Å². The number of hydrogen-bond donors (Lipinski definition) is 2. The summed E-state index contributed by atoms with van der Waals surface area (Å²) >= 11 is 0. The number of nitrogens with one attached hydrogen (secondary N) is 2. The molecule has 2 aliphatic rings. The van der Waals surface area contributed by atoms with Crippen LogP contribution in [-0.4, -0.2) is 69.3 Å². The van der Waals surface area contributed by atoms with Gasteiger partial charge in [0.15, 0.2) is 0 Å². The highest BCUT2D eigenvalue weighted by molar-refractivity contribution is 5.93. The number of benzene rings is 1. The Kier molecular flexibility index (Phi) is 6.28. The molecule has 1 aliphatic heterocycles. The number of hydrogen-bond acceptors (Lipinski definition) is 7. The van der Waals surface area contributed by atoms with Crippen LogP contribution in [0.1, 0.15) is 30.8 Å². The second kappa shape index (κ2) is 9.19. The molecule has 5 rings (SSSR count). The average Bonchev–Trinajstić information content (AvgIpc) is 3.43. The van der Waals surface area contributed by atoms with Gasteiger partial charge in [0.05, 0.1) is 18.3 Å². The number of piperidine rings is 1. The van der Waals surface area contributed by atoms with Gasteiger partial charge in [-0.1, -0.05) is 12.1 Å². The first-order valence-electron chi connectivity index (χ1n) is 11.6. The summed E-state index contributed by atoms with van der Waals surface area (Å²) in [5, 5.41) is 12.4. The lowest BCUT2D eigenvalue weighted by atomic mass is 10.0. The number of halogens is 6. The Morgan fingerprint density at radius 3 is 2.62 bits per heavy atom. The zero-order valence-corrected chi connectivity index (χ0v) is 19.5. The minimum Gasteiger partial charge on any atom is -0.377 e. The number of carbonyl (C=O) groups is 1. The molecule has 0 unspecified atom stereocenters. The van der Waals surface area contributed by atoms with Gasteiger partial charge >= 0.3 is 12.1 Å². The predicted octanol–water partition coefficient (Wildman–Crippen LogP) is 3.54. The zero-order chi connectivity index (χ0) is 26.5. The zero-order valence-electron chi connectivity index (χ0n) is 19.5. The second-order valence-electron chi connectivity index (χ2n) is 9.33. The SMILES string of the molecule is CN1CC[C@@H](Nc2cccc3c(C(F)(F)C(F)(F)F)n(-c4noc(CNC(=O)C5CC5)n4)nc23)[C@@H](F)C1. The molecule has 2 fully saturated rings. The van der Waals surface area contributed by atoms with E-state index in [1.807, 2.05) is 0 Å². The minimum absolute atomic E-state index is 0.0908. The lowest BCUT2D eigenvalue weighted by Gasteiger charge is -2.33. The number of fused-ring (bicyclic) bond motifs is 1. The van der Waals surface area contributed by atoms with Crippen LogP contribution in [0.25, 0.3) is 16.9 Å². The van der Waals surface area contributed by atoms with Crippen molar-refractivity contribution in [3.8, 4) is 5.95 Å². The molecule has 1 aliphatic carbocycles. The minimum atomic E-state index is -5.95. The van der Waals surface area contributed by atoms with E-state index in [0.29, 0.717) is 13.0 Å². The highest BCUT2D eigenvalue weighted by Crippen LogP contribution is 2.47. The summed E-state index contributed by atoms with van der Waals surface area (Å²) in [4.78, 5) is 17.5. The van der Waals surface area contributed by atoms with Gasteiger partial charge in [-0.2, -0.15) is 36.7 Å². The fraction of sp³-hybridized carbons (Fsp3) is 0.545. The third-order valence-corrected chi connectivity index (χ3v) is 6.45. The van der Waals surface area contributed by atoms with Crippen LogP contribution in [0, 0.1) is 5.92 Å². The molecule has 0 radical (unpaired) electrons. The summed E-state index contributed by atoms with van der Waals surface area (Å²) in [6, 6.07) is 3.08. The van der Waals surface area contributed by atoms with Crippen molar-refractivity contribution in [2.24, 2.45) is 5.92 Å². The second-order valence-corrected chi connectivity index (χ2v) is 9.33. The van der Waals surface area contributed by atoms with Crippen LogP contribution in [0.5, 0.6) is 0 Å². The van der Waals surface area contributed by atoms with E-state index < -0.39 is 41.3 Å². The molecular formula is C22H23F6N7O2. The van der Waals surface area contributed by atoms with E-state index in [1.54, 1.807) is 11.9 Å². The molecule has 1 amide bonds. The molecule has 0 bridgehead atoms. The summed E-state index contributed by atoms with van der Waals surface area (Å²) < 4.78 is 90.0. The number of alkyl halides is 6. The Bertz CT molecular complexity index is 1300. The smallest absolute Gasteiger partial charge is 0.377 e.